The lowest BCUT2D eigenvalue weighted by Crippen LogP contribution is -2.21. The Morgan fingerprint density at radius 3 is 2.65 bits per heavy atom. The third-order valence-corrected chi connectivity index (χ3v) is 3.22. The summed E-state index contributed by atoms with van der Waals surface area (Å²) in [6.45, 7) is 1.76. The topological polar surface area (TPSA) is 59.7 Å². The first-order valence-corrected chi connectivity index (χ1v) is 7.17. The molecule has 1 heterocycles. The van der Waals surface area contributed by atoms with E-state index in [1.54, 1.807) is 0 Å². The van der Waals surface area contributed by atoms with Gasteiger partial charge in [0.05, 0.1) is 0 Å². The summed E-state index contributed by atoms with van der Waals surface area (Å²) in [6, 6.07) is 10.3. The summed E-state index contributed by atoms with van der Waals surface area (Å²) in [4.78, 5) is 12.0. The van der Waals surface area contributed by atoms with Gasteiger partial charge in [0.25, 0.3) is 0 Å². The molecule has 0 bridgehead atoms. The van der Waals surface area contributed by atoms with E-state index in [-0.39, 0.29) is 0 Å². The van der Waals surface area contributed by atoms with Crippen LogP contribution in [0, 0.1) is 9.54 Å². The van der Waals surface area contributed by atoms with Gasteiger partial charge in [-0.05, 0) is 43.0 Å². The molecular weight excluding hydrogens is 290 g/mol. The Balaban J connectivity index is 1.79. The van der Waals surface area contributed by atoms with Gasteiger partial charge in [-0.3, -0.25) is 0 Å². The number of hydrogen-bond donors (Lipinski definition) is 3. The van der Waals surface area contributed by atoms with E-state index < -0.39 is 0 Å². The quantitative estimate of drug-likeness (QED) is 0.565. The van der Waals surface area contributed by atoms with Crippen molar-refractivity contribution in [2.45, 2.75) is 6.42 Å². The third kappa shape index (κ3) is 4.43. The van der Waals surface area contributed by atoms with Crippen LogP contribution in [-0.4, -0.2) is 35.1 Å². The number of para-hydroxylation sites is 1. The molecule has 7 heteroatoms. The molecule has 5 nitrogen and oxygen atoms in total. The smallest absolute Gasteiger partial charge is 0.205 e. The van der Waals surface area contributed by atoms with Gasteiger partial charge in [0, 0.05) is 25.8 Å². The van der Waals surface area contributed by atoms with Gasteiger partial charge in [-0.2, -0.15) is 4.98 Å². The number of nitrogens with zero attached hydrogens (tertiary/aromatic N) is 2. The summed E-state index contributed by atoms with van der Waals surface area (Å²) in [5.74, 6) is 0.612. The van der Waals surface area contributed by atoms with Gasteiger partial charge in [0.1, 0.15) is 0 Å². The van der Waals surface area contributed by atoms with Crippen LogP contribution in [-0.2, 0) is 0 Å². The van der Waals surface area contributed by atoms with Crippen LogP contribution in [0.2, 0.25) is 0 Å². The van der Waals surface area contributed by atoms with E-state index in [1.165, 1.54) is 5.69 Å². The van der Waals surface area contributed by atoms with Crippen molar-refractivity contribution in [1.82, 2.24) is 15.0 Å². The molecule has 0 saturated carbocycles. The molecule has 0 spiro atoms. The second-order valence-electron chi connectivity index (χ2n) is 4.38. The van der Waals surface area contributed by atoms with Crippen molar-refractivity contribution in [3.63, 3.8) is 0 Å². The molecule has 0 unspecified atom stereocenters. The van der Waals surface area contributed by atoms with Crippen LogP contribution in [0.5, 0.6) is 0 Å². The van der Waals surface area contributed by atoms with Crippen LogP contribution in [0.15, 0.2) is 30.3 Å². The van der Waals surface area contributed by atoms with Gasteiger partial charge < -0.3 is 20.2 Å². The molecule has 3 N–H and O–H groups in total. The fourth-order valence-electron chi connectivity index (χ4n) is 1.81. The van der Waals surface area contributed by atoms with Crippen LogP contribution in [0.3, 0.4) is 0 Å². The molecular formula is C13H17N5S2. The number of H-pyrrole nitrogens is 2. The summed E-state index contributed by atoms with van der Waals surface area (Å²) in [5.41, 5.74) is 1.21. The van der Waals surface area contributed by atoms with Gasteiger partial charge in [0.15, 0.2) is 4.77 Å². The van der Waals surface area contributed by atoms with Crippen molar-refractivity contribution in [2.75, 3.05) is 30.4 Å². The van der Waals surface area contributed by atoms with E-state index in [2.05, 4.69) is 44.3 Å². The average Bonchev–Trinajstić information content (AvgIpc) is 2.43. The highest BCUT2D eigenvalue weighted by Crippen LogP contribution is 2.10. The Labute approximate surface area is 128 Å². The Hall–Kier alpha value is -1.73. The van der Waals surface area contributed by atoms with Crippen molar-refractivity contribution in [3.05, 3.63) is 39.9 Å². The van der Waals surface area contributed by atoms with E-state index in [0.717, 1.165) is 19.5 Å². The van der Waals surface area contributed by atoms with Crippen molar-refractivity contribution < 1.29 is 0 Å². The summed E-state index contributed by atoms with van der Waals surface area (Å²) in [6.07, 6.45) is 0.985. The second kappa shape index (κ2) is 7.16. The van der Waals surface area contributed by atoms with Crippen LogP contribution in [0.25, 0.3) is 0 Å². The highest BCUT2D eigenvalue weighted by atomic mass is 32.1. The Morgan fingerprint density at radius 2 is 1.95 bits per heavy atom. The van der Waals surface area contributed by atoms with Crippen LogP contribution in [0.4, 0.5) is 11.6 Å². The summed E-state index contributed by atoms with van der Waals surface area (Å²) >= 11 is 9.98. The maximum absolute atomic E-state index is 5.01. The van der Waals surface area contributed by atoms with Gasteiger partial charge in [-0.1, -0.05) is 18.2 Å². The minimum Gasteiger partial charge on any atom is -0.375 e. The zero-order chi connectivity index (χ0) is 14.4. The lowest BCUT2D eigenvalue weighted by Gasteiger charge is -2.19. The summed E-state index contributed by atoms with van der Waals surface area (Å²) in [7, 11) is 2.08. The van der Waals surface area contributed by atoms with Crippen molar-refractivity contribution in [2.24, 2.45) is 0 Å². The van der Waals surface area contributed by atoms with Crippen LogP contribution >= 0.6 is 24.4 Å². The molecule has 1 aromatic carbocycles. The molecule has 106 valence electrons. The zero-order valence-corrected chi connectivity index (χ0v) is 12.9. The monoisotopic (exact) mass is 307 g/mol. The Bertz CT molecular complexity index is 621. The minimum atomic E-state index is 0.387. The number of aromatic amines is 2. The molecule has 2 rings (SSSR count). The van der Waals surface area contributed by atoms with Crippen LogP contribution < -0.4 is 10.2 Å². The van der Waals surface area contributed by atoms with E-state index in [1.807, 2.05) is 18.2 Å². The minimum absolute atomic E-state index is 0.387. The molecule has 20 heavy (non-hydrogen) atoms. The van der Waals surface area contributed by atoms with Gasteiger partial charge in [-0.25, -0.2) is 0 Å². The molecule has 0 saturated heterocycles. The number of hydrogen-bond acceptors (Lipinski definition) is 5. The van der Waals surface area contributed by atoms with Crippen molar-refractivity contribution >= 4 is 36.1 Å². The van der Waals surface area contributed by atoms with E-state index >= 15 is 0 Å². The normalized spacial score (nSPS) is 10.2. The van der Waals surface area contributed by atoms with Gasteiger partial charge >= 0.3 is 0 Å². The Kier molecular flexibility index (Phi) is 5.25. The largest absolute Gasteiger partial charge is 0.375 e. The first kappa shape index (κ1) is 14.7. The van der Waals surface area contributed by atoms with E-state index in [9.17, 15) is 0 Å². The van der Waals surface area contributed by atoms with Gasteiger partial charge in [0.2, 0.25) is 10.7 Å². The Morgan fingerprint density at radius 1 is 1.20 bits per heavy atom. The summed E-state index contributed by atoms with van der Waals surface area (Å²) in [5, 5.41) is 3.19. The molecule has 0 amide bonds. The molecule has 0 aliphatic heterocycles. The fraction of sp³-hybridized carbons (Fsp3) is 0.308. The second-order valence-corrected chi connectivity index (χ2v) is 5.18. The first-order valence-electron chi connectivity index (χ1n) is 6.36. The number of nitrogens with one attached hydrogen (secondary N) is 3. The SMILES string of the molecule is CN(CCCNc1nc(=S)[nH]c(=S)[nH]1)c1ccccc1. The van der Waals surface area contributed by atoms with Gasteiger partial charge in [-0.15, -0.1) is 0 Å². The molecule has 0 fully saturated rings. The maximum atomic E-state index is 5.01. The maximum Gasteiger partial charge on any atom is 0.205 e. The van der Waals surface area contributed by atoms with E-state index in [4.69, 9.17) is 24.4 Å². The van der Waals surface area contributed by atoms with Crippen molar-refractivity contribution in [1.29, 1.82) is 0 Å². The molecule has 0 aliphatic rings. The van der Waals surface area contributed by atoms with Crippen LogP contribution in [0.1, 0.15) is 6.42 Å². The number of aromatic nitrogens is 3. The molecule has 2 aromatic rings. The third-order valence-electron chi connectivity index (χ3n) is 2.83. The van der Waals surface area contributed by atoms with Crippen molar-refractivity contribution in [3.8, 4) is 0 Å². The number of benzene rings is 1. The van der Waals surface area contributed by atoms with E-state index in [0.29, 0.717) is 15.5 Å². The predicted molar refractivity (Wildman–Crippen MR) is 87.4 cm³/mol. The molecule has 1 aromatic heterocycles. The predicted octanol–water partition coefficient (Wildman–Crippen LogP) is 3.14. The number of anilines is 2. The molecule has 0 radical (unpaired) electrons. The summed E-state index contributed by atoms with van der Waals surface area (Å²) < 4.78 is 0.867. The lowest BCUT2D eigenvalue weighted by molar-refractivity contribution is 0.808. The standard InChI is InChI=1S/C13H17N5S2/c1-18(10-6-3-2-4-7-10)9-5-8-14-11-15-12(19)17-13(20)16-11/h2-4,6-7H,5,8-9H2,1H3,(H3,14,15,16,17,19,20). The average molecular weight is 307 g/mol. The zero-order valence-electron chi connectivity index (χ0n) is 11.2. The molecule has 0 atom stereocenters. The first-order chi connectivity index (χ1) is 9.65. The highest BCUT2D eigenvalue weighted by molar-refractivity contribution is 7.71. The number of rotatable bonds is 6. The highest BCUT2D eigenvalue weighted by Gasteiger charge is 1.99. The fourth-order valence-corrected chi connectivity index (χ4v) is 2.26. The molecule has 0 aliphatic carbocycles. The lowest BCUT2D eigenvalue weighted by atomic mass is 10.3.